The summed E-state index contributed by atoms with van der Waals surface area (Å²) in [6.07, 6.45) is 10.5. The minimum atomic E-state index is -0.489. The van der Waals surface area contributed by atoms with Crippen molar-refractivity contribution in [3.8, 4) is 0 Å². The number of allylic oxidation sites excluding steroid dienone is 1. The van der Waals surface area contributed by atoms with E-state index >= 15 is 0 Å². The molecule has 0 aromatic rings. The molecule has 0 aromatic heterocycles. The smallest absolute Gasteiger partial charge is 0.395 e. The second-order valence-electron chi connectivity index (χ2n) is 12.7. The summed E-state index contributed by atoms with van der Waals surface area (Å²) in [7, 11) is 0. The van der Waals surface area contributed by atoms with Gasteiger partial charge in [0.1, 0.15) is 0 Å². The summed E-state index contributed by atoms with van der Waals surface area (Å²) in [5.74, 6) is 2.46. The zero-order valence-corrected chi connectivity index (χ0v) is 23.1. The first-order valence-electron chi connectivity index (χ1n) is 14.3. The Morgan fingerprint density at radius 1 is 1.17 bits per heavy atom. The Labute approximate surface area is 217 Å². The summed E-state index contributed by atoms with van der Waals surface area (Å²) in [4.78, 5) is 19.6. The van der Waals surface area contributed by atoms with E-state index in [-0.39, 0.29) is 30.1 Å². The topological polar surface area (TPSA) is 94.4 Å². The van der Waals surface area contributed by atoms with E-state index in [2.05, 4.69) is 44.2 Å². The number of amides is 1. The van der Waals surface area contributed by atoms with Gasteiger partial charge >= 0.3 is 6.09 Å². The van der Waals surface area contributed by atoms with E-state index in [0.29, 0.717) is 36.9 Å². The number of hydrogen-bond acceptors (Lipinski definition) is 6. The van der Waals surface area contributed by atoms with Crippen molar-refractivity contribution in [2.24, 2.45) is 39.7 Å². The maximum absolute atomic E-state index is 12.7. The van der Waals surface area contributed by atoms with Gasteiger partial charge in [0.05, 0.1) is 18.4 Å². The molecule has 0 bridgehead atoms. The van der Waals surface area contributed by atoms with Crippen molar-refractivity contribution in [2.45, 2.75) is 98.1 Å². The van der Waals surface area contributed by atoms with Gasteiger partial charge in [-0.25, -0.2) is 4.79 Å². The second kappa shape index (κ2) is 11.1. The quantitative estimate of drug-likeness (QED) is 0.193. The molecule has 7 heteroatoms. The van der Waals surface area contributed by atoms with Crippen LogP contribution in [-0.2, 0) is 4.84 Å². The van der Waals surface area contributed by atoms with Crippen molar-refractivity contribution < 1.29 is 19.8 Å². The molecular formula is C29H49N3O4. The molecule has 0 aliphatic heterocycles. The van der Waals surface area contributed by atoms with Crippen LogP contribution in [0.5, 0.6) is 0 Å². The number of carbonyl (C=O) groups excluding carboxylic acids is 1. The normalized spacial score (nSPS) is 38.2. The van der Waals surface area contributed by atoms with Crippen molar-refractivity contribution in [2.75, 3.05) is 26.2 Å². The number of nitrogens with one attached hydrogen (secondary N) is 1. The molecule has 0 radical (unpaired) electrons. The predicted octanol–water partition coefficient (Wildman–Crippen LogP) is 4.73. The lowest BCUT2D eigenvalue weighted by Gasteiger charge is -2.58. The van der Waals surface area contributed by atoms with Crippen molar-refractivity contribution in [3.63, 3.8) is 0 Å². The number of hydrogen-bond donors (Lipinski definition) is 3. The highest BCUT2D eigenvalue weighted by Crippen LogP contribution is 2.66. The molecule has 0 unspecified atom stereocenters. The summed E-state index contributed by atoms with van der Waals surface area (Å²) in [5, 5.41) is 27.3. The van der Waals surface area contributed by atoms with Crippen LogP contribution in [0.1, 0.15) is 86.0 Å². The van der Waals surface area contributed by atoms with Crippen LogP contribution in [0.4, 0.5) is 4.79 Å². The number of aliphatic hydroxyl groups is 2. The van der Waals surface area contributed by atoms with Gasteiger partial charge in [-0.05, 0) is 86.9 Å². The van der Waals surface area contributed by atoms with Crippen LogP contribution in [0.15, 0.2) is 16.8 Å². The van der Waals surface area contributed by atoms with Gasteiger partial charge in [0.15, 0.2) is 0 Å². The van der Waals surface area contributed by atoms with Crippen LogP contribution >= 0.6 is 0 Å². The highest BCUT2D eigenvalue weighted by molar-refractivity contribution is 5.85. The molecule has 4 rings (SSSR count). The third-order valence-corrected chi connectivity index (χ3v) is 10.4. The average molecular weight is 504 g/mol. The van der Waals surface area contributed by atoms with Gasteiger partial charge in [-0.2, -0.15) is 0 Å². The van der Waals surface area contributed by atoms with Crippen LogP contribution in [0.25, 0.3) is 0 Å². The highest BCUT2D eigenvalue weighted by atomic mass is 16.7. The number of carbonyl (C=O) groups is 1. The Morgan fingerprint density at radius 3 is 2.67 bits per heavy atom. The molecule has 0 spiro atoms. The standard InChI is InChI=1S/C29H49N3O4/c1-19(2)30-14-15-32(16-17-33)27(35)36-31-20(3)24-8-9-25-23-7-6-21-18-22(34)10-12-28(21,4)26(23)11-13-29(24,25)5/h18-19,22-26,30,33-34H,6-17H2,1-5H3/b31-20+/t22-,23+,24-,25+,26+,28+,29-/m1/s1. The number of aliphatic hydroxyl groups excluding tert-OH is 2. The molecule has 36 heavy (non-hydrogen) atoms. The fourth-order valence-corrected chi connectivity index (χ4v) is 8.53. The Balaban J connectivity index is 1.42. The van der Waals surface area contributed by atoms with Gasteiger partial charge in [0.2, 0.25) is 0 Å². The van der Waals surface area contributed by atoms with E-state index in [4.69, 9.17) is 4.84 Å². The fourth-order valence-electron chi connectivity index (χ4n) is 8.53. The predicted molar refractivity (Wildman–Crippen MR) is 143 cm³/mol. The van der Waals surface area contributed by atoms with Crippen molar-refractivity contribution in [3.05, 3.63) is 11.6 Å². The first-order chi connectivity index (χ1) is 17.1. The molecule has 0 saturated heterocycles. The molecule has 0 aromatic carbocycles. The summed E-state index contributed by atoms with van der Waals surface area (Å²) in [5.41, 5.74) is 2.89. The third kappa shape index (κ3) is 5.25. The molecule has 3 saturated carbocycles. The molecule has 4 aliphatic carbocycles. The Morgan fingerprint density at radius 2 is 1.94 bits per heavy atom. The van der Waals surface area contributed by atoms with Crippen LogP contribution < -0.4 is 5.32 Å². The second-order valence-corrected chi connectivity index (χ2v) is 12.7. The largest absolute Gasteiger partial charge is 0.436 e. The average Bonchev–Trinajstić information content (AvgIpc) is 3.19. The molecule has 3 fully saturated rings. The third-order valence-electron chi connectivity index (χ3n) is 10.4. The summed E-state index contributed by atoms with van der Waals surface area (Å²) in [6, 6.07) is 0.336. The minimum absolute atomic E-state index is 0.0980. The van der Waals surface area contributed by atoms with Gasteiger partial charge in [0.25, 0.3) is 0 Å². The van der Waals surface area contributed by atoms with Crippen molar-refractivity contribution in [1.29, 1.82) is 0 Å². The molecule has 0 heterocycles. The molecule has 7 nitrogen and oxygen atoms in total. The maximum Gasteiger partial charge on any atom is 0.436 e. The number of nitrogens with zero attached hydrogens (tertiary/aromatic N) is 2. The number of fused-ring (bicyclic) bond motifs is 5. The van der Waals surface area contributed by atoms with E-state index in [1.54, 1.807) is 0 Å². The molecule has 1 amide bonds. The molecule has 7 atom stereocenters. The van der Waals surface area contributed by atoms with Crippen molar-refractivity contribution >= 4 is 11.8 Å². The first kappa shape index (κ1) is 27.6. The molecule has 4 aliphatic rings. The lowest BCUT2D eigenvalue weighted by molar-refractivity contribution is -0.0479. The van der Waals surface area contributed by atoms with E-state index in [0.717, 1.165) is 37.3 Å². The van der Waals surface area contributed by atoms with Crippen LogP contribution in [0.2, 0.25) is 0 Å². The van der Waals surface area contributed by atoms with Crippen LogP contribution in [-0.4, -0.2) is 65.3 Å². The van der Waals surface area contributed by atoms with Crippen LogP contribution in [0, 0.1) is 34.5 Å². The summed E-state index contributed by atoms with van der Waals surface area (Å²) in [6.45, 7) is 12.4. The number of rotatable bonds is 8. The van der Waals surface area contributed by atoms with Crippen LogP contribution in [0.3, 0.4) is 0 Å². The summed E-state index contributed by atoms with van der Waals surface area (Å²) >= 11 is 0. The van der Waals surface area contributed by atoms with E-state index in [1.165, 1.54) is 36.2 Å². The SMILES string of the molecule is C/C(=N\OC(=O)N(CCO)CCNC(C)C)[C@H]1CC[C@H]2[C@@H]3CCC4=C[C@H](O)CC[C@]4(C)[C@H]3CC[C@]12C. The molecular weight excluding hydrogens is 454 g/mol. The lowest BCUT2D eigenvalue weighted by Crippen LogP contribution is -2.51. The monoisotopic (exact) mass is 503 g/mol. The Hall–Kier alpha value is -1.44. The lowest BCUT2D eigenvalue weighted by atomic mass is 9.46. The van der Waals surface area contributed by atoms with E-state index in [9.17, 15) is 15.0 Å². The Kier molecular flexibility index (Phi) is 8.52. The van der Waals surface area contributed by atoms with E-state index < -0.39 is 6.09 Å². The van der Waals surface area contributed by atoms with Crippen molar-refractivity contribution in [1.82, 2.24) is 10.2 Å². The molecule has 204 valence electrons. The molecule has 3 N–H and O–H groups in total. The van der Waals surface area contributed by atoms with E-state index in [1.807, 2.05) is 6.92 Å². The zero-order valence-electron chi connectivity index (χ0n) is 23.1. The van der Waals surface area contributed by atoms with Gasteiger partial charge < -0.3 is 20.4 Å². The van der Waals surface area contributed by atoms with Gasteiger partial charge in [-0.15, -0.1) is 0 Å². The highest BCUT2D eigenvalue weighted by Gasteiger charge is 2.59. The van der Waals surface area contributed by atoms with Gasteiger partial charge in [0, 0.05) is 31.6 Å². The van der Waals surface area contributed by atoms with Gasteiger partial charge in [-0.1, -0.05) is 44.5 Å². The van der Waals surface area contributed by atoms with Gasteiger partial charge in [-0.3, -0.25) is 4.84 Å². The zero-order chi connectivity index (χ0) is 26.1. The Bertz CT molecular complexity index is 857. The fraction of sp³-hybridized carbons (Fsp3) is 0.862. The minimum Gasteiger partial charge on any atom is -0.395 e. The number of oxime groups is 1. The summed E-state index contributed by atoms with van der Waals surface area (Å²) < 4.78 is 0. The maximum atomic E-state index is 12.7. The first-order valence-corrected chi connectivity index (χ1v) is 14.3.